The molecule has 3 aromatic heterocycles. The summed E-state index contributed by atoms with van der Waals surface area (Å²) in [7, 11) is 0. The molecule has 138 valence electrons. The number of carbonyl (C=O) groups is 1. The van der Waals surface area contributed by atoms with E-state index in [1.54, 1.807) is 18.5 Å². The smallest absolute Gasteiger partial charge is 0.269 e. The Bertz CT molecular complexity index is 1030. The Kier molecular flexibility index (Phi) is 3.46. The minimum absolute atomic E-state index is 0.181. The van der Waals surface area contributed by atoms with Gasteiger partial charge in [0.15, 0.2) is 11.6 Å². The summed E-state index contributed by atoms with van der Waals surface area (Å²) in [6, 6.07) is 1.98. The molecule has 1 aliphatic heterocycles. The van der Waals surface area contributed by atoms with Crippen LogP contribution in [0, 0.1) is 6.92 Å². The predicted molar refractivity (Wildman–Crippen MR) is 95.8 cm³/mol. The number of nitrogens with two attached hydrogens (primary N) is 1. The van der Waals surface area contributed by atoms with Crippen molar-refractivity contribution in [1.29, 1.82) is 0 Å². The molecule has 0 radical (unpaired) electrons. The van der Waals surface area contributed by atoms with Gasteiger partial charge in [-0.3, -0.25) is 9.36 Å². The molecule has 1 fully saturated rings. The van der Waals surface area contributed by atoms with Gasteiger partial charge in [0.25, 0.3) is 11.9 Å². The number of anilines is 1. The Hall–Kier alpha value is -3.30. The van der Waals surface area contributed by atoms with Crippen LogP contribution in [0.2, 0.25) is 0 Å². The van der Waals surface area contributed by atoms with Gasteiger partial charge in [-0.2, -0.15) is 10.1 Å². The van der Waals surface area contributed by atoms with E-state index in [9.17, 15) is 4.79 Å². The van der Waals surface area contributed by atoms with Crippen molar-refractivity contribution in [3.8, 4) is 11.6 Å². The van der Waals surface area contributed by atoms with Gasteiger partial charge in [0.05, 0.1) is 12.7 Å². The third kappa shape index (κ3) is 2.47. The molecule has 0 spiro atoms. The first kappa shape index (κ1) is 15.9. The number of fused-ring (bicyclic) bond motifs is 3. The number of primary amides is 1. The lowest BCUT2D eigenvalue weighted by Crippen LogP contribution is -2.38. The Balaban J connectivity index is 1.63. The van der Waals surface area contributed by atoms with E-state index in [-0.39, 0.29) is 5.69 Å². The maximum atomic E-state index is 11.3. The second-order valence-corrected chi connectivity index (χ2v) is 6.95. The van der Waals surface area contributed by atoms with Gasteiger partial charge in [0.2, 0.25) is 0 Å². The van der Waals surface area contributed by atoms with Crippen LogP contribution in [0.3, 0.4) is 0 Å². The summed E-state index contributed by atoms with van der Waals surface area (Å²) in [6.07, 6.45) is 8.13. The van der Waals surface area contributed by atoms with Gasteiger partial charge in [0, 0.05) is 12.2 Å². The molecular weight excluding hydrogens is 346 g/mol. The van der Waals surface area contributed by atoms with Crippen LogP contribution in [0.15, 0.2) is 18.5 Å². The van der Waals surface area contributed by atoms with Crippen LogP contribution >= 0.6 is 0 Å². The molecule has 1 saturated carbocycles. The average molecular weight is 365 g/mol. The summed E-state index contributed by atoms with van der Waals surface area (Å²) in [5.41, 5.74) is 6.35. The van der Waals surface area contributed by atoms with E-state index in [4.69, 9.17) is 10.7 Å². The number of hydrogen-bond donors (Lipinski definition) is 1. The largest absolute Gasteiger partial charge is 0.364 e. The summed E-state index contributed by atoms with van der Waals surface area (Å²) in [5, 5.41) is 12.7. The van der Waals surface area contributed by atoms with Crippen molar-refractivity contribution < 1.29 is 4.79 Å². The highest BCUT2D eigenvalue weighted by Crippen LogP contribution is 2.36. The maximum Gasteiger partial charge on any atom is 0.269 e. The first-order chi connectivity index (χ1) is 13.1. The van der Waals surface area contributed by atoms with E-state index in [2.05, 4.69) is 25.2 Å². The van der Waals surface area contributed by atoms with Crippen LogP contribution in [0.1, 0.15) is 47.8 Å². The number of amides is 1. The molecule has 3 aromatic rings. The molecular formula is C17H19N9O. The van der Waals surface area contributed by atoms with E-state index in [0.717, 1.165) is 36.0 Å². The average Bonchev–Trinajstić information content (AvgIpc) is 3.41. The molecule has 10 nitrogen and oxygen atoms in total. The van der Waals surface area contributed by atoms with E-state index >= 15 is 0 Å². The minimum atomic E-state index is -0.580. The first-order valence-electron chi connectivity index (χ1n) is 9.02. The number of rotatable bonds is 3. The second kappa shape index (κ2) is 5.86. The van der Waals surface area contributed by atoms with E-state index in [0.29, 0.717) is 18.5 Å². The van der Waals surface area contributed by atoms with E-state index in [1.165, 1.54) is 17.5 Å². The molecule has 1 amide bonds. The van der Waals surface area contributed by atoms with Gasteiger partial charge in [-0.05, 0) is 25.8 Å². The van der Waals surface area contributed by atoms with Crippen LogP contribution in [0.25, 0.3) is 11.6 Å². The molecule has 5 rings (SSSR count). The maximum absolute atomic E-state index is 11.3. The first-order valence-corrected chi connectivity index (χ1v) is 9.02. The molecule has 0 bridgehead atoms. The summed E-state index contributed by atoms with van der Waals surface area (Å²) in [4.78, 5) is 22.9. The SMILES string of the molecule is Cc1nnc2n1-c1cnc(-n3ccc(C(N)=O)n3)nc1N(C1CCCC1)C2. The van der Waals surface area contributed by atoms with Gasteiger partial charge >= 0.3 is 0 Å². The van der Waals surface area contributed by atoms with Crippen molar-refractivity contribution in [2.24, 2.45) is 5.73 Å². The highest BCUT2D eigenvalue weighted by atomic mass is 16.1. The standard InChI is InChI=1S/C17H19N9O/c1-10-21-22-14-9-24(11-4-2-3-5-11)16-13(26(10)14)8-19-17(20-16)25-7-6-12(23-25)15(18)27/h6-8,11H,2-5,9H2,1H3,(H2,18,27). The van der Waals surface area contributed by atoms with Crippen LogP contribution in [-0.2, 0) is 6.54 Å². The van der Waals surface area contributed by atoms with E-state index in [1.807, 2.05) is 11.5 Å². The zero-order chi connectivity index (χ0) is 18.5. The molecule has 2 aliphatic rings. The zero-order valence-electron chi connectivity index (χ0n) is 14.9. The van der Waals surface area contributed by atoms with Crippen molar-refractivity contribution in [2.45, 2.75) is 45.2 Å². The van der Waals surface area contributed by atoms with E-state index < -0.39 is 5.91 Å². The van der Waals surface area contributed by atoms with Crippen LogP contribution in [0.4, 0.5) is 5.82 Å². The molecule has 2 N–H and O–H groups in total. The van der Waals surface area contributed by atoms with Gasteiger partial charge in [-0.15, -0.1) is 10.2 Å². The Morgan fingerprint density at radius 3 is 2.81 bits per heavy atom. The number of hydrogen-bond acceptors (Lipinski definition) is 7. The van der Waals surface area contributed by atoms with Gasteiger partial charge < -0.3 is 10.6 Å². The fourth-order valence-electron chi connectivity index (χ4n) is 3.97. The Morgan fingerprint density at radius 1 is 1.26 bits per heavy atom. The van der Waals surface area contributed by atoms with Crippen molar-refractivity contribution in [3.05, 3.63) is 35.8 Å². The van der Waals surface area contributed by atoms with Crippen LogP contribution in [0.5, 0.6) is 0 Å². The van der Waals surface area contributed by atoms with Crippen molar-refractivity contribution in [1.82, 2.24) is 34.5 Å². The highest BCUT2D eigenvalue weighted by Gasteiger charge is 2.33. The lowest BCUT2D eigenvalue weighted by atomic mass is 10.1. The summed E-state index contributed by atoms with van der Waals surface area (Å²) >= 11 is 0. The number of nitrogens with zero attached hydrogens (tertiary/aromatic N) is 8. The summed E-state index contributed by atoms with van der Waals surface area (Å²) in [5.74, 6) is 2.38. The third-order valence-electron chi connectivity index (χ3n) is 5.27. The number of aryl methyl sites for hydroxylation is 1. The monoisotopic (exact) mass is 365 g/mol. The predicted octanol–water partition coefficient (Wildman–Crippen LogP) is 0.913. The fourth-order valence-corrected chi connectivity index (χ4v) is 3.97. The van der Waals surface area contributed by atoms with Crippen LogP contribution < -0.4 is 10.6 Å². The normalized spacial score (nSPS) is 16.4. The third-order valence-corrected chi connectivity index (χ3v) is 5.27. The van der Waals surface area contributed by atoms with Crippen molar-refractivity contribution >= 4 is 11.7 Å². The molecule has 10 heteroatoms. The van der Waals surface area contributed by atoms with Gasteiger partial charge in [0.1, 0.15) is 17.2 Å². The fraction of sp³-hybridized carbons (Fsp3) is 0.412. The molecule has 1 aliphatic carbocycles. The van der Waals surface area contributed by atoms with Crippen molar-refractivity contribution in [3.63, 3.8) is 0 Å². The van der Waals surface area contributed by atoms with Crippen LogP contribution in [-0.4, -0.2) is 46.5 Å². The molecule has 0 aromatic carbocycles. The molecule has 0 atom stereocenters. The van der Waals surface area contributed by atoms with Crippen molar-refractivity contribution in [2.75, 3.05) is 4.90 Å². The zero-order valence-corrected chi connectivity index (χ0v) is 14.9. The topological polar surface area (TPSA) is 121 Å². The lowest BCUT2D eigenvalue weighted by Gasteiger charge is -2.34. The van der Waals surface area contributed by atoms with Gasteiger partial charge in [-0.25, -0.2) is 9.67 Å². The summed E-state index contributed by atoms with van der Waals surface area (Å²) < 4.78 is 3.48. The van der Waals surface area contributed by atoms with Gasteiger partial charge in [-0.1, -0.05) is 12.8 Å². The minimum Gasteiger partial charge on any atom is -0.364 e. The number of carbonyl (C=O) groups excluding carboxylic acids is 1. The Morgan fingerprint density at radius 2 is 2.07 bits per heavy atom. The second-order valence-electron chi connectivity index (χ2n) is 6.95. The highest BCUT2D eigenvalue weighted by molar-refractivity contribution is 5.90. The quantitative estimate of drug-likeness (QED) is 0.732. The number of aromatic nitrogens is 7. The molecule has 4 heterocycles. The lowest BCUT2D eigenvalue weighted by molar-refractivity contribution is 0.0995. The Labute approximate surface area is 155 Å². The molecule has 0 saturated heterocycles. The molecule has 27 heavy (non-hydrogen) atoms. The summed E-state index contributed by atoms with van der Waals surface area (Å²) in [6.45, 7) is 2.59. The molecule has 0 unspecified atom stereocenters.